The third-order valence-electron chi connectivity index (χ3n) is 3.84. The molecule has 0 aliphatic heterocycles. The van der Waals surface area contributed by atoms with Crippen LogP contribution < -0.4 is 5.73 Å². The molecule has 0 radical (unpaired) electrons. The molecule has 1 unspecified atom stereocenters. The van der Waals surface area contributed by atoms with Crippen molar-refractivity contribution in [1.29, 1.82) is 0 Å². The standard InChI is InChI=1S/C14H21N3S/c1-14(2,3)10-4-5-11-9(6-10)7-12(16-8-15)13(18)17-11/h7-8,10H,4-6H2,1-3H3,(H2,15,16)(H,17,18). The first-order valence-corrected chi connectivity index (χ1v) is 6.82. The number of aliphatic imine (C=N–C) groups is 1. The predicted molar refractivity (Wildman–Crippen MR) is 78.9 cm³/mol. The number of aryl methyl sites for hydroxylation is 1. The molecule has 3 nitrogen and oxygen atoms in total. The number of hydrogen-bond donors (Lipinski definition) is 2. The summed E-state index contributed by atoms with van der Waals surface area (Å²) < 4.78 is 0.685. The van der Waals surface area contributed by atoms with E-state index in [-0.39, 0.29) is 0 Å². The van der Waals surface area contributed by atoms with E-state index in [0.717, 1.165) is 18.5 Å². The lowest BCUT2D eigenvalue weighted by molar-refractivity contribution is 0.215. The lowest BCUT2D eigenvalue weighted by atomic mass is 9.71. The number of fused-ring (bicyclic) bond motifs is 1. The Hall–Kier alpha value is -1.16. The highest BCUT2D eigenvalue weighted by Crippen LogP contribution is 2.37. The van der Waals surface area contributed by atoms with E-state index in [0.29, 0.717) is 16.0 Å². The fourth-order valence-corrected chi connectivity index (χ4v) is 2.84. The molecule has 0 fully saturated rings. The van der Waals surface area contributed by atoms with Crippen LogP contribution in [-0.4, -0.2) is 11.3 Å². The molecule has 1 aliphatic rings. The van der Waals surface area contributed by atoms with Gasteiger partial charge in [0.25, 0.3) is 0 Å². The summed E-state index contributed by atoms with van der Waals surface area (Å²) in [5.74, 6) is 0.712. The van der Waals surface area contributed by atoms with Crippen LogP contribution in [0.2, 0.25) is 0 Å². The van der Waals surface area contributed by atoms with Gasteiger partial charge in [-0.3, -0.25) is 0 Å². The third kappa shape index (κ3) is 2.64. The zero-order valence-corrected chi connectivity index (χ0v) is 12.1. The van der Waals surface area contributed by atoms with Gasteiger partial charge in [0.05, 0.1) is 12.0 Å². The molecule has 0 saturated carbocycles. The minimum Gasteiger partial charge on any atom is -0.390 e. The van der Waals surface area contributed by atoms with Crippen LogP contribution in [0.5, 0.6) is 0 Å². The minimum atomic E-state index is 0.349. The van der Waals surface area contributed by atoms with Crippen LogP contribution in [0, 0.1) is 16.0 Å². The first-order chi connectivity index (χ1) is 8.41. The Balaban J connectivity index is 2.37. The van der Waals surface area contributed by atoms with Crippen molar-refractivity contribution >= 4 is 24.2 Å². The summed E-state index contributed by atoms with van der Waals surface area (Å²) >= 11 is 5.28. The monoisotopic (exact) mass is 263 g/mol. The Morgan fingerprint density at radius 3 is 2.83 bits per heavy atom. The van der Waals surface area contributed by atoms with Crippen LogP contribution >= 0.6 is 12.2 Å². The Morgan fingerprint density at radius 1 is 1.50 bits per heavy atom. The van der Waals surface area contributed by atoms with Crippen LogP contribution in [-0.2, 0) is 12.8 Å². The molecule has 0 spiro atoms. The molecule has 2 rings (SSSR count). The normalized spacial score (nSPS) is 20.1. The maximum Gasteiger partial charge on any atom is 0.129 e. The van der Waals surface area contributed by atoms with Gasteiger partial charge in [-0.05, 0) is 42.2 Å². The van der Waals surface area contributed by atoms with Crippen molar-refractivity contribution in [3.05, 3.63) is 22.0 Å². The molecule has 1 atom stereocenters. The minimum absolute atomic E-state index is 0.349. The molecule has 0 saturated heterocycles. The van der Waals surface area contributed by atoms with Crippen molar-refractivity contribution in [2.75, 3.05) is 0 Å². The Morgan fingerprint density at radius 2 is 2.22 bits per heavy atom. The zero-order chi connectivity index (χ0) is 13.3. The van der Waals surface area contributed by atoms with Gasteiger partial charge in [0.15, 0.2) is 0 Å². The average Bonchev–Trinajstić information content (AvgIpc) is 2.28. The van der Waals surface area contributed by atoms with Gasteiger partial charge < -0.3 is 10.7 Å². The van der Waals surface area contributed by atoms with E-state index < -0.39 is 0 Å². The van der Waals surface area contributed by atoms with Gasteiger partial charge in [0.2, 0.25) is 0 Å². The number of aromatic nitrogens is 1. The number of hydrogen-bond acceptors (Lipinski definition) is 2. The van der Waals surface area contributed by atoms with Gasteiger partial charge in [-0.2, -0.15) is 0 Å². The molecule has 3 N–H and O–H groups in total. The fourth-order valence-electron chi connectivity index (χ4n) is 2.61. The second-order valence-electron chi connectivity index (χ2n) is 6.07. The number of aromatic amines is 1. The molecular formula is C14H21N3S. The summed E-state index contributed by atoms with van der Waals surface area (Å²) in [6.45, 7) is 6.94. The first kappa shape index (κ1) is 13.3. The molecule has 0 bridgehead atoms. The average molecular weight is 263 g/mol. The van der Waals surface area contributed by atoms with Gasteiger partial charge in [-0.25, -0.2) is 4.99 Å². The Kier molecular flexibility index (Phi) is 3.57. The smallest absolute Gasteiger partial charge is 0.129 e. The molecular weight excluding hydrogens is 242 g/mol. The highest BCUT2D eigenvalue weighted by molar-refractivity contribution is 7.71. The van der Waals surface area contributed by atoms with E-state index >= 15 is 0 Å². The third-order valence-corrected chi connectivity index (χ3v) is 4.15. The number of nitrogens with two attached hydrogens (primary N) is 1. The molecule has 1 heterocycles. The van der Waals surface area contributed by atoms with E-state index in [4.69, 9.17) is 18.0 Å². The van der Waals surface area contributed by atoms with Gasteiger partial charge in [0, 0.05) is 5.69 Å². The quantitative estimate of drug-likeness (QED) is 0.463. The van der Waals surface area contributed by atoms with E-state index in [2.05, 4.69) is 36.8 Å². The highest BCUT2D eigenvalue weighted by Gasteiger charge is 2.29. The summed E-state index contributed by atoms with van der Waals surface area (Å²) in [4.78, 5) is 7.42. The number of nitrogens with one attached hydrogen (secondary N) is 1. The van der Waals surface area contributed by atoms with Gasteiger partial charge >= 0.3 is 0 Å². The largest absolute Gasteiger partial charge is 0.390 e. The second-order valence-corrected chi connectivity index (χ2v) is 6.48. The molecule has 1 aromatic rings. The van der Waals surface area contributed by atoms with Crippen LogP contribution in [0.15, 0.2) is 11.1 Å². The summed E-state index contributed by atoms with van der Waals surface area (Å²) in [5, 5.41) is 0. The summed E-state index contributed by atoms with van der Waals surface area (Å²) in [6.07, 6.45) is 4.70. The van der Waals surface area contributed by atoms with Gasteiger partial charge in [-0.15, -0.1) is 0 Å². The van der Waals surface area contributed by atoms with E-state index in [1.165, 1.54) is 24.0 Å². The predicted octanol–water partition coefficient (Wildman–Crippen LogP) is 3.51. The summed E-state index contributed by atoms with van der Waals surface area (Å²) in [6, 6.07) is 2.09. The Bertz CT molecular complexity index is 523. The molecule has 1 aromatic heterocycles. The van der Waals surface area contributed by atoms with Gasteiger partial charge in [0.1, 0.15) is 4.64 Å². The summed E-state index contributed by atoms with van der Waals surface area (Å²) in [5.41, 5.74) is 9.10. The molecule has 0 aromatic carbocycles. The van der Waals surface area contributed by atoms with Crippen molar-refractivity contribution in [1.82, 2.24) is 4.98 Å². The lowest BCUT2D eigenvalue weighted by Crippen LogP contribution is -2.27. The lowest BCUT2D eigenvalue weighted by Gasteiger charge is -2.34. The van der Waals surface area contributed by atoms with Crippen molar-refractivity contribution in [2.45, 2.75) is 40.0 Å². The molecule has 0 amide bonds. The number of H-pyrrole nitrogens is 1. The number of nitrogens with zero attached hydrogens (tertiary/aromatic N) is 1. The zero-order valence-electron chi connectivity index (χ0n) is 11.3. The van der Waals surface area contributed by atoms with Crippen molar-refractivity contribution in [2.24, 2.45) is 22.1 Å². The number of rotatable bonds is 1. The van der Waals surface area contributed by atoms with Crippen molar-refractivity contribution < 1.29 is 0 Å². The number of pyridine rings is 1. The van der Waals surface area contributed by atoms with Gasteiger partial charge in [-0.1, -0.05) is 33.0 Å². The van der Waals surface area contributed by atoms with E-state index in [9.17, 15) is 0 Å². The molecule has 18 heavy (non-hydrogen) atoms. The molecule has 4 heteroatoms. The maximum atomic E-state index is 5.35. The maximum absolute atomic E-state index is 5.35. The van der Waals surface area contributed by atoms with E-state index in [1.807, 2.05) is 0 Å². The van der Waals surface area contributed by atoms with Crippen LogP contribution in [0.25, 0.3) is 0 Å². The SMILES string of the molecule is CC(C)(C)C1CCc2[nH]c(=S)c(N=CN)cc2C1. The fraction of sp³-hybridized carbons (Fsp3) is 0.571. The highest BCUT2D eigenvalue weighted by atomic mass is 32.1. The Labute approximate surface area is 114 Å². The van der Waals surface area contributed by atoms with Crippen molar-refractivity contribution in [3.63, 3.8) is 0 Å². The molecule has 1 aliphatic carbocycles. The van der Waals surface area contributed by atoms with Crippen LogP contribution in [0.4, 0.5) is 5.69 Å². The summed E-state index contributed by atoms with van der Waals surface area (Å²) in [7, 11) is 0. The van der Waals surface area contributed by atoms with Crippen molar-refractivity contribution in [3.8, 4) is 0 Å². The second kappa shape index (κ2) is 4.84. The first-order valence-electron chi connectivity index (χ1n) is 6.41. The van der Waals surface area contributed by atoms with Crippen LogP contribution in [0.1, 0.15) is 38.4 Å². The topological polar surface area (TPSA) is 54.2 Å². The van der Waals surface area contributed by atoms with Crippen LogP contribution in [0.3, 0.4) is 0 Å². The molecule has 98 valence electrons. The van der Waals surface area contributed by atoms with E-state index in [1.54, 1.807) is 0 Å².